The summed E-state index contributed by atoms with van der Waals surface area (Å²) in [5.74, 6) is 4.97. The summed E-state index contributed by atoms with van der Waals surface area (Å²) in [7, 11) is 1.50. The highest BCUT2D eigenvalue weighted by molar-refractivity contribution is 5.93. The number of nitrogens with two attached hydrogens (primary N) is 2. The van der Waals surface area contributed by atoms with Crippen molar-refractivity contribution >= 4 is 5.91 Å². The molecular weight excluding hydrogens is 184 g/mol. The zero-order valence-electron chi connectivity index (χ0n) is 7.82. The Balaban J connectivity index is 3.04. The maximum atomic E-state index is 10.8. The van der Waals surface area contributed by atoms with Gasteiger partial charge in [-0.1, -0.05) is 6.07 Å². The fraction of sp³-hybridized carbons (Fsp3) is 0.222. The van der Waals surface area contributed by atoms with E-state index >= 15 is 0 Å². The van der Waals surface area contributed by atoms with Gasteiger partial charge in [0.15, 0.2) is 0 Å². The Morgan fingerprint density at radius 2 is 2.21 bits per heavy atom. The van der Waals surface area contributed by atoms with Crippen LogP contribution >= 0.6 is 0 Å². The van der Waals surface area contributed by atoms with Crippen LogP contribution < -0.4 is 16.4 Å². The van der Waals surface area contributed by atoms with Gasteiger partial charge in [0.25, 0.3) is 0 Å². The molecule has 0 saturated carbocycles. The predicted molar refractivity (Wildman–Crippen MR) is 50.5 cm³/mol. The third-order valence-corrected chi connectivity index (χ3v) is 1.81. The molecule has 1 aromatic rings. The van der Waals surface area contributed by atoms with Crippen molar-refractivity contribution in [1.82, 2.24) is 0 Å². The molecule has 4 N–H and O–H groups in total. The molecule has 5 heteroatoms. The highest BCUT2D eigenvalue weighted by Crippen LogP contribution is 2.20. The summed E-state index contributed by atoms with van der Waals surface area (Å²) in [5.41, 5.74) is 6.27. The zero-order valence-corrected chi connectivity index (χ0v) is 7.82. The van der Waals surface area contributed by atoms with Gasteiger partial charge in [-0.3, -0.25) is 9.63 Å². The predicted octanol–water partition coefficient (Wildman–Crippen LogP) is 0.184. The van der Waals surface area contributed by atoms with E-state index in [1.807, 2.05) is 0 Å². The number of methoxy groups -OCH3 is 1. The number of ether oxygens (including phenoxy) is 1. The van der Waals surface area contributed by atoms with E-state index in [9.17, 15) is 4.79 Å². The van der Waals surface area contributed by atoms with E-state index in [1.54, 1.807) is 18.2 Å². The van der Waals surface area contributed by atoms with E-state index in [4.69, 9.17) is 16.4 Å². The molecule has 0 bridgehead atoms. The van der Waals surface area contributed by atoms with Crippen LogP contribution in [-0.2, 0) is 11.4 Å². The Kier molecular flexibility index (Phi) is 3.44. The SMILES string of the molecule is COc1cc(C(N)=O)ccc1CON. The molecule has 0 spiro atoms. The van der Waals surface area contributed by atoms with E-state index in [1.165, 1.54) is 7.11 Å². The minimum absolute atomic E-state index is 0.224. The monoisotopic (exact) mass is 196 g/mol. The van der Waals surface area contributed by atoms with E-state index in [-0.39, 0.29) is 6.61 Å². The summed E-state index contributed by atoms with van der Waals surface area (Å²) in [4.78, 5) is 15.3. The molecule has 0 aliphatic rings. The molecule has 0 aliphatic carbocycles. The van der Waals surface area contributed by atoms with Crippen LogP contribution in [0.25, 0.3) is 0 Å². The van der Waals surface area contributed by atoms with Crippen molar-refractivity contribution in [3.05, 3.63) is 29.3 Å². The third-order valence-electron chi connectivity index (χ3n) is 1.81. The van der Waals surface area contributed by atoms with E-state index in [0.717, 1.165) is 5.56 Å². The van der Waals surface area contributed by atoms with E-state index in [2.05, 4.69) is 4.84 Å². The Bertz CT molecular complexity index is 339. The van der Waals surface area contributed by atoms with Crippen molar-refractivity contribution in [2.75, 3.05) is 7.11 Å². The van der Waals surface area contributed by atoms with Crippen LogP contribution in [-0.4, -0.2) is 13.0 Å². The highest BCUT2D eigenvalue weighted by Gasteiger charge is 2.07. The second kappa shape index (κ2) is 4.59. The summed E-state index contributed by atoms with van der Waals surface area (Å²) in [5, 5.41) is 0. The first kappa shape index (κ1) is 10.5. The van der Waals surface area contributed by atoms with Crippen LogP contribution in [0.2, 0.25) is 0 Å². The van der Waals surface area contributed by atoms with Gasteiger partial charge in [0.2, 0.25) is 5.91 Å². The Morgan fingerprint density at radius 1 is 1.50 bits per heavy atom. The molecule has 0 fully saturated rings. The van der Waals surface area contributed by atoms with Crippen molar-refractivity contribution in [3.63, 3.8) is 0 Å². The van der Waals surface area contributed by atoms with Crippen LogP contribution in [0.3, 0.4) is 0 Å². The van der Waals surface area contributed by atoms with Gasteiger partial charge < -0.3 is 10.5 Å². The maximum Gasteiger partial charge on any atom is 0.248 e. The van der Waals surface area contributed by atoms with Gasteiger partial charge in [0.1, 0.15) is 5.75 Å². The molecule has 1 aromatic carbocycles. The van der Waals surface area contributed by atoms with Crippen molar-refractivity contribution in [3.8, 4) is 5.75 Å². The van der Waals surface area contributed by atoms with E-state index in [0.29, 0.717) is 11.3 Å². The molecule has 0 aromatic heterocycles. The Hall–Kier alpha value is -1.59. The third kappa shape index (κ3) is 2.21. The van der Waals surface area contributed by atoms with Crippen LogP contribution in [0.5, 0.6) is 5.75 Å². The van der Waals surface area contributed by atoms with Gasteiger partial charge in [0, 0.05) is 11.1 Å². The topological polar surface area (TPSA) is 87.6 Å². The molecule has 0 heterocycles. The standard InChI is InChI=1S/C9H12N2O3/c1-13-8-4-6(9(10)12)2-3-7(8)5-14-11/h2-4H,5,11H2,1H3,(H2,10,12). The van der Waals surface area contributed by atoms with Crippen LogP contribution in [0, 0.1) is 0 Å². The molecular formula is C9H12N2O3. The van der Waals surface area contributed by atoms with Gasteiger partial charge in [-0.25, -0.2) is 5.90 Å². The van der Waals surface area contributed by atoms with Gasteiger partial charge in [0.05, 0.1) is 13.7 Å². The lowest BCUT2D eigenvalue weighted by molar-refractivity contribution is 0.0999. The van der Waals surface area contributed by atoms with Gasteiger partial charge >= 0.3 is 0 Å². The molecule has 76 valence electrons. The number of benzene rings is 1. The first-order chi connectivity index (χ1) is 6.69. The number of hydrogen-bond donors (Lipinski definition) is 2. The van der Waals surface area contributed by atoms with Crippen LogP contribution in [0.4, 0.5) is 0 Å². The average Bonchev–Trinajstić information content (AvgIpc) is 2.18. The van der Waals surface area contributed by atoms with Gasteiger partial charge in [-0.05, 0) is 12.1 Å². The smallest absolute Gasteiger partial charge is 0.248 e. The lowest BCUT2D eigenvalue weighted by Gasteiger charge is -2.08. The quantitative estimate of drug-likeness (QED) is 0.672. The fourth-order valence-corrected chi connectivity index (χ4v) is 1.11. The molecule has 0 atom stereocenters. The first-order valence-corrected chi connectivity index (χ1v) is 3.97. The lowest BCUT2D eigenvalue weighted by atomic mass is 10.1. The summed E-state index contributed by atoms with van der Waals surface area (Å²) < 4.78 is 5.05. The highest BCUT2D eigenvalue weighted by atomic mass is 16.6. The number of hydrogen-bond acceptors (Lipinski definition) is 4. The number of carbonyl (C=O) groups excluding carboxylic acids is 1. The molecule has 1 amide bonds. The summed E-state index contributed by atoms with van der Waals surface area (Å²) in [6.07, 6.45) is 0. The largest absolute Gasteiger partial charge is 0.496 e. The van der Waals surface area contributed by atoms with Crippen LogP contribution in [0.1, 0.15) is 15.9 Å². The van der Waals surface area contributed by atoms with Gasteiger partial charge in [-0.15, -0.1) is 0 Å². The molecule has 0 aliphatic heterocycles. The molecule has 1 rings (SSSR count). The first-order valence-electron chi connectivity index (χ1n) is 3.97. The van der Waals surface area contributed by atoms with Gasteiger partial charge in [-0.2, -0.15) is 0 Å². The molecule has 0 unspecified atom stereocenters. The van der Waals surface area contributed by atoms with Crippen molar-refractivity contribution < 1.29 is 14.4 Å². The average molecular weight is 196 g/mol. The van der Waals surface area contributed by atoms with Crippen molar-refractivity contribution in [1.29, 1.82) is 0 Å². The van der Waals surface area contributed by atoms with Crippen LogP contribution in [0.15, 0.2) is 18.2 Å². The lowest BCUT2D eigenvalue weighted by Crippen LogP contribution is -2.11. The second-order valence-corrected chi connectivity index (χ2v) is 2.70. The summed E-state index contributed by atoms with van der Waals surface area (Å²) >= 11 is 0. The summed E-state index contributed by atoms with van der Waals surface area (Å²) in [6.45, 7) is 0.224. The normalized spacial score (nSPS) is 9.86. The Morgan fingerprint density at radius 3 is 2.71 bits per heavy atom. The fourth-order valence-electron chi connectivity index (χ4n) is 1.11. The number of amides is 1. The maximum absolute atomic E-state index is 10.8. The van der Waals surface area contributed by atoms with Crippen molar-refractivity contribution in [2.45, 2.75) is 6.61 Å². The van der Waals surface area contributed by atoms with Crippen molar-refractivity contribution in [2.24, 2.45) is 11.6 Å². The minimum Gasteiger partial charge on any atom is -0.496 e. The number of primary amides is 1. The van der Waals surface area contributed by atoms with E-state index < -0.39 is 5.91 Å². The second-order valence-electron chi connectivity index (χ2n) is 2.70. The summed E-state index contributed by atoms with van der Waals surface area (Å²) in [6, 6.07) is 4.84. The number of rotatable bonds is 4. The minimum atomic E-state index is -0.497. The zero-order chi connectivity index (χ0) is 10.6. The molecule has 0 saturated heterocycles. The Labute approximate surface area is 81.5 Å². The number of carbonyl (C=O) groups is 1. The molecule has 0 radical (unpaired) electrons. The molecule has 14 heavy (non-hydrogen) atoms. The molecule has 5 nitrogen and oxygen atoms in total.